The van der Waals surface area contributed by atoms with Crippen LogP contribution in [0.2, 0.25) is 0 Å². The lowest BCUT2D eigenvalue weighted by atomic mass is 10.0. The van der Waals surface area contributed by atoms with Gasteiger partial charge in [0.2, 0.25) is 5.82 Å². The third-order valence-electron chi connectivity index (χ3n) is 8.99. The molecule has 0 aliphatic rings. The Balaban J connectivity index is 1.47. The first-order valence-electron chi connectivity index (χ1n) is 18.1. The fourth-order valence-corrected chi connectivity index (χ4v) is 8.98. The number of hydrogen-bond donors (Lipinski definition) is 1. The lowest BCUT2D eigenvalue weighted by molar-refractivity contribution is 0.380. The van der Waals surface area contributed by atoms with Gasteiger partial charge in [-0.15, -0.1) is 0 Å². The number of rotatable bonds is 12. The smallest absolute Gasteiger partial charge is 0.200 e. The minimum absolute atomic E-state index is 0.00508. The van der Waals surface area contributed by atoms with Crippen LogP contribution in [0.1, 0.15) is 0 Å². The van der Waals surface area contributed by atoms with Gasteiger partial charge in [0.25, 0.3) is 0 Å². The van der Waals surface area contributed by atoms with Crippen molar-refractivity contribution in [2.24, 2.45) is 0 Å². The van der Waals surface area contributed by atoms with E-state index in [1.165, 1.54) is 12.1 Å². The number of para-hydroxylation sites is 5. The molecule has 8 rings (SSSR count). The van der Waals surface area contributed by atoms with Crippen molar-refractivity contribution >= 4 is 23.8 Å². The summed E-state index contributed by atoms with van der Waals surface area (Å²) in [5, 5.41) is 13.0. The number of aromatic hydroxyl groups is 1. The molecule has 0 unspecified atom stereocenters. The summed E-state index contributed by atoms with van der Waals surface area (Å²) < 4.78 is 101. The number of ether oxygens (including phenoxy) is 4. The molecule has 292 valence electrons. The molecule has 0 amide bonds. The normalized spacial score (nSPS) is 11.0. The summed E-state index contributed by atoms with van der Waals surface area (Å²) >= 11 is 0. The molecule has 5 nitrogen and oxygen atoms in total. The standard InChI is InChI=1S/C48H30F5O5P/c49-41-40(42(50)44(52)45(53)43(41)51)34-24-13-29-39(46(34)54)59(47-35(55-30-16-5-1-6-17-30)25-14-26-36(47)56-31-18-7-2-8-19-31)48-37(57-32-20-9-3-10-21-32)27-15-28-38(48)58-33-22-11-4-12-23-33/h1-29,54H. The molecule has 0 aliphatic heterocycles. The van der Waals surface area contributed by atoms with E-state index >= 15 is 8.78 Å². The second-order valence-corrected chi connectivity index (χ2v) is 14.9. The quantitative estimate of drug-likeness (QED) is 0.0576. The molecule has 1 N–H and O–H groups in total. The SMILES string of the molecule is Oc1c(-c2c(F)c(F)c(F)c(F)c2F)cccc1P(c1c(Oc2ccccc2)cccc1Oc1ccccc1)c1c(Oc2ccccc2)cccc1Oc1ccccc1. The molecule has 0 spiro atoms. The van der Waals surface area contributed by atoms with Gasteiger partial charge >= 0.3 is 0 Å². The van der Waals surface area contributed by atoms with Gasteiger partial charge in [-0.1, -0.05) is 103 Å². The molecule has 0 saturated heterocycles. The monoisotopic (exact) mass is 812 g/mol. The van der Waals surface area contributed by atoms with Crippen LogP contribution in [0.25, 0.3) is 11.1 Å². The van der Waals surface area contributed by atoms with Gasteiger partial charge in [0.05, 0.1) is 16.2 Å². The number of phenols is 1. The zero-order chi connectivity index (χ0) is 40.9. The molecule has 11 heteroatoms. The van der Waals surface area contributed by atoms with E-state index in [0.29, 0.717) is 33.6 Å². The third kappa shape index (κ3) is 8.04. The first-order valence-corrected chi connectivity index (χ1v) is 19.4. The van der Waals surface area contributed by atoms with Gasteiger partial charge < -0.3 is 24.1 Å². The van der Waals surface area contributed by atoms with Gasteiger partial charge in [0.1, 0.15) is 51.7 Å². The highest BCUT2D eigenvalue weighted by Gasteiger charge is 2.36. The van der Waals surface area contributed by atoms with Gasteiger partial charge in [0.15, 0.2) is 23.3 Å². The number of hydrogen-bond acceptors (Lipinski definition) is 5. The number of phenolic OH excluding ortho intramolecular Hbond substituents is 1. The molecule has 0 saturated carbocycles. The van der Waals surface area contributed by atoms with Gasteiger partial charge in [-0.3, -0.25) is 0 Å². The van der Waals surface area contributed by atoms with Crippen molar-refractivity contribution in [3.8, 4) is 62.9 Å². The summed E-state index contributed by atoms with van der Waals surface area (Å²) in [4.78, 5) is 0. The number of halogens is 5. The average Bonchev–Trinajstić information content (AvgIpc) is 3.26. The van der Waals surface area contributed by atoms with E-state index in [4.69, 9.17) is 18.9 Å². The zero-order valence-corrected chi connectivity index (χ0v) is 31.6. The Morgan fingerprint density at radius 3 is 0.983 bits per heavy atom. The van der Waals surface area contributed by atoms with Gasteiger partial charge in [-0.25, -0.2) is 22.0 Å². The maximum atomic E-state index is 15.6. The van der Waals surface area contributed by atoms with Gasteiger partial charge in [-0.2, -0.15) is 0 Å². The molecule has 0 aromatic heterocycles. The molecular formula is C48H30F5O5P. The van der Waals surface area contributed by atoms with E-state index in [0.717, 1.165) is 6.07 Å². The highest BCUT2D eigenvalue weighted by atomic mass is 31.1. The van der Waals surface area contributed by atoms with Crippen molar-refractivity contribution in [2.45, 2.75) is 0 Å². The van der Waals surface area contributed by atoms with Crippen molar-refractivity contribution < 1.29 is 46.0 Å². The Hall–Kier alpha value is -7.16. The van der Waals surface area contributed by atoms with Crippen LogP contribution >= 0.6 is 7.92 Å². The maximum Gasteiger partial charge on any atom is 0.200 e. The fraction of sp³-hybridized carbons (Fsp3) is 0. The summed E-state index contributed by atoms with van der Waals surface area (Å²) in [6.07, 6.45) is 0. The van der Waals surface area contributed by atoms with Crippen molar-refractivity contribution in [3.05, 3.63) is 205 Å². The van der Waals surface area contributed by atoms with E-state index in [1.807, 2.05) is 24.3 Å². The summed E-state index contributed by atoms with van der Waals surface area (Å²) in [6.45, 7) is 0. The van der Waals surface area contributed by atoms with Crippen molar-refractivity contribution in [3.63, 3.8) is 0 Å². The molecule has 0 bridgehead atoms. The van der Waals surface area contributed by atoms with Crippen LogP contribution in [0.4, 0.5) is 22.0 Å². The number of benzene rings is 8. The minimum atomic E-state index is -2.34. The molecular weight excluding hydrogens is 782 g/mol. The fourth-order valence-electron chi connectivity index (χ4n) is 6.34. The summed E-state index contributed by atoms with van der Waals surface area (Å²) in [5.41, 5.74) is -1.96. The predicted octanol–water partition coefficient (Wildman–Crippen LogP) is 12.7. The van der Waals surface area contributed by atoms with E-state index < -0.39 is 53.9 Å². The summed E-state index contributed by atoms with van der Waals surface area (Å²) in [5.74, 6) is -8.90. The lowest BCUT2D eigenvalue weighted by Crippen LogP contribution is -2.26. The Morgan fingerprint density at radius 1 is 0.339 bits per heavy atom. The minimum Gasteiger partial charge on any atom is -0.507 e. The first-order chi connectivity index (χ1) is 28.8. The van der Waals surface area contributed by atoms with Gasteiger partial charge in [0, 0.05) is 18.8 Å². The van der Waals surface area contributed by atoms with Crippen LogP contribution in [0.3, 0.4) is 0 Å². The Morgan fingerprint density at radius 2 is 0.644 bits per heavy atom. The molecule has 0 radical (unpaired) electrons. The highest BCUT2D eigenvalue weighted by Crippen LogP contribution is 2.51. The first kappa shape index (κ1) is 38.7. The van der Waals surface area contributed by atoms with Crippen LogP contribution in [0.5, 0.6) is 51.7 Å². The molecule has 8 aromatic rings. The largest absolute Gasteiger partial charge is 0.507 e. The lowest BCUT2D eigenvalue weighted by Gasteiger charge is -2.28. The Labute approximate surface area is 336 Å². The van der Waals surface area contributed by atoms with E-state index in [-0.39, 0.29) is 28.3 Å². The Kier molecular flexibility index (Phi) is 11.2. The summed E-state index contributed by atoms with van der Waals surface area (Å²) in [6, 6.07) is 49.7. The van der Waals surface area contributed by atoms with Crippen LogP contribution in [-0.4, -0.2) is 5.11 Å². The molecule has 0 heterocycles. The highest BCUT2D eigenvalue weighted by molar-refractivity contribution is 7.80. The topological polar surface area (TPSA) is 57.2 Å². The van der Waals surface area contributed by atoms with Crippen molar-refractivity contribution in [2.75, 3.05) is 0 Å². The average molecular weight is 813 g/mol. The summed E-state index contributed by atoms with van der Waals surface area (Å²) in [7, 11) is -2.34. The molecule has 8 aromatic carbocycles. The maximum absolute atomic E-state index is 15.6. The van der Waals surface area contributed by atoms with Gasteiger partial charge in [-0.05, 0) is 72.8 Å². The van der Waals surface area contributed by atoms with Crippen molar-refractivity contribution in [1.82, 2.24) is 0 Å². The van der Waals surface area contributed by atoms with Crippen LogP contribution in [0.15, 0.2) is 176 Å². The Bertz CT molecular complexity index is 2460. The molecule has 0 atom stereocenters. The van der Waals surface area contributed by atoms with Crippen LogP contribution < -0.4 is 34.9 Å². The third-order valence-corrected chi connectivity index (χ3v) is 11.6. The second-order valence-electron chi connectivity index (χ2n) is 12.8. The molecule has 0 aliphatic carbocycles. The van der Waals surface area contributed by atoms with Crippen LogP contribution in [-0.2, 0) is 0 Å². The zero-order valence-electron chi connectivity index (χ0n) is 30.7. The van der Waals surface area contributed by atoms with E-state index in [1.54, 1.807) is 133 Å². The van der Waals surface area contributed by atoms with E-state index in [9.17, 15) is 18.3 Å². The van der Waals surface area contributed by atoms with Crippen molar-refractivity contribution in [1.29, 1.82) is 0 Å². The van der Waals surface area contributed by atoms with E-state index in [2.05, 4.69) is 0 Å². The molecule has 59 heavy (non-hydrogen) atoms. The second kappa shape index (κ2) is 17.1. The van der Waals surface area contributed by atoms with Crippen LogP contribution in [0, 0.1) is 29.1 Å². The predicted molar refractivity (Wildman–Crippen MR) is 218 cm³/mol. The molecule has 0 fully saturated rings.